The maximum atomic E-state index is 14.6. The van der Waals surface area contributed by atoms with Crippen LogP contribution in [0.25, 0.3) is 43.1 Å². The molecule has 2 aliphatic carbocycles. The molecule has 0 spiro atoms. The average Bonchev–Trinajstić information content (AvgIpc) is 3.24. The standard InChI is InChI=1S/C49H53N3O5/c1-2-3-4-5-6-7-8-9-10-17-26-57-39-28-38-42-36(47(54)52(49(38)56)32-20-15-12-16-21-32)24-22-33-40-30(29-50)27-37-41-35(25-23-34(44(40)41)43(39)45(33)42)46(53)51(48(37)55)31-18-13-11-14-19-31/h22-25,27-28,31-32H,2-21,26H2,1H3. The minimum Gasteiger partial charge on any atom is -0.493 e. The number of unbranched alkanes of at least 4 members (excludes halogenated alkanes) is 9. The maximum absolute atomic E-state index is 14.6. The summed E-state index contributed by atoms with van der Waals surface area (Å²) in [5, 5.41) is 16.2. The quantitative estimate of drug-likeness (QED) is 0.0482. The van der Waals surface area contributed by atoms with E-state index in [4.69, 9.17) is 4.74 Å². The van der Waals surface area contributed by atoms with Gasteiger partial charge in [-0.1, -0.05) is 115 Å². The van der Waals surface area contributed by atoms with Gasteiger partial charge in [0.15, 0.2) is 0 Å². The predicted octanol–water partition coefficient (Wildman–Crippen LogP) is 11.8. The maximum Gasteiger partial charge on any atom is 0.261 e. The lowest BCUT2D eigenvalue weighted by Crippen LogP contribution is -2.48. The van der Waals surface area contributed by atoms with Crippen molar-refractivity contribution >= 4 is 66.7 Å². The summed E-state index contributed by atoms with van der Waals surface area (Å²) >= 11 is 0. The van der Waals surface area contributed by atoms with E-state index < -0.39 is 0 Å². The molecule has 0 bridgehead atoms. The number of fused-ring (bicyclic) bond motifs is 2. The summed E-state index contributed by atoms with van der Waals surface area (Å²) in [6.45, 7) is 2.71. The SMILES string of the molecule is CCCCCCCCCCCCOc1cc2c3c(ccc4c5c(C#N)cc6c7c(ccc(c1c34)c75)C(=O)N(C1CCCCC1)C6=O)C(=O)N(C1CCCCC1)C2=O. The Labute approximate surface area is 334 Å². The van der Waals surface area contributed by atoms with E-state index in [0.29, 0.717) is 67.1 Å². The minimum absolute atomic E-state index is 0.143. The minimum atomic E-state index is -0.341. The molecule has 2 heterocycles. The Morgan fingerprint density at radius 1 is 0.544 bits per heavy atom. The highest BCUT2D eigenvalue weighted by Crippen LogP contribution is 2.51. The number of rotatable bonds is 14. The van der Waals surface area contributed by atoms with Crippen LogP contribution >= 0.6 is 0 Å². The van der Waals surface area contributed by atoms with Crippen molar-refractivity contribution in [2.45, 2.75) is 147 Å². The molecule has 0 aromatic heterocycles. The molecule has 9 rings (SSSR count). The molecule has 2 saturated carbocycles. The number of hydrogen-bond acceptors (Lipinski definition) is 6. The number of ether oxygens (including phenoxy) is 1. The zero-order valence-electron chi connectivity index (χ0n) is 33.4. The fourth-order valence-electron chi connectivity index (χ4n) is 10.8. The van der Waals surface area contributed by atoms with Gasteiger partial charge in [-0.2, -0.15) is 5.26 Å². The highest BCUT2D eigenvalue weighted by atomic mass is 16.5. The van der Waals surface area contributed by atoms with Crippen molar-refractivity contribution in [1.82, 2.24) is 9.80 Å². The molecule has 8 heteroatoms. The van der Waals surface area contributed by atoms with Crippen LogP contribution in [0.4, 0.5) is 0 Å². The summed E-state index contributed by atoms with van der Waals surface area (Å²) in [7, 11) is 0. The summed E-state index contributed by atoms with van der Waals surface area (Å²) in [5.41, 5.74) is 2.11. The van der Waals surface area contributed by atoms with Gasteiger partial charge in [-0.25, -0.2) is 0 Å². The van der Waals surface area contributed by atoms with Gasteiger partial charge in [0, 0.05) is 55.5 Å². The topological polar surface area (TPSA) is 108 Å². The van der Waals surface area contributed by atoms with Crippen LogP contribution in [-0.2, 0) is 0 Å². The number of carbonyl (C=O) groups is 4. The van der Waals surface area contributed by atoms with E-state index in [1.54, 1.807) is 6.07 Å². The second-order valence-electron chi connectivity index (χ2n) is 17.2. The Morgan fingerprint density at radius 3 is 1.53 bits per heavy atom. The second kappa shape index (κ2) is 15.7. The van der Waals surface area contributed by atoms with Gasteiger partial charge in [0.25, 0.3) is 23.6 Å². The summed E-state index contributed by atoms with van der Waals surface area (Å²) in [6, 6.07) is 13.1. The molecule has 2 aliphatic heterocycles. The summed E-state index contributed by atoms with van der Waals surface area (Å²) in [5.74, 6) is -0.629. The van der Waals surface area contributed by atoms with Crippen LogP contribution in [0.3, 0.4) is 0 Å². The molecule has 0 atom stereocenters. The number of amides is 4. The van der Waals surface area contributed by atoms with Crippen LogP contribution in [0.2, 0.25) is 0 Å². The summed E-state index contributed by atoms with van der Waals surface area (Å²) < 4.78 is 6.74. The van der Waals surface area contributed by atoms with Crippen molar-refractivity contribution in [3.05, 3.63) is 64.2 Å². The van der Waals surface area contributed by atoms with Gasteiger partial charge >= 0.3 is 0 Å². The van der Waals surface area contributed by atoms with Gasteiger partial charge in [-0.15, -0.1) is 0 Å². The predicted molar refractivity (Wildman–Crippen MR) is 224 cm³/mol. The monoisotopic (exact) mass is 763 g/mol. The first-order valence-corrected chi connectivity index (χ1v) is 22.0. The van der Waals surface area contributed by atoms with E-state index in [9.17, 15) is 24.4 Å². The number of imide groups is 2. The third kappa shape index (κ3) is 6.24. The van der Waals surface area contributed by atoms with Gasteiger partial charge < -0.3 is 4.74 Å². The molecular formula is C49H53N3O5. The van der Waals surface area contributed by atoms with Crippen LogP contribution in [-0.4, -0.2) is 52.1 Å². The summed E-state index contributed by atoms with van der Waals surface area (Å²) in [4.78, 5) is 60.7. The van der Waals surface area contributed by atoms with Crippen molar-refractivity contribution in [1.29, 1.82) is 5.26 Å². The largest absolute Gasteiger partial charge is 0.493 e. The number of carbonyl (C=O) groups excluding carboxylic acids is 4. The van der Waals surface area contributed by atoms with Gasteiger partial charge in [0.2, 0.25) is 0 Å². The smallest absolute Gasteiger partial charge is 0.261 e. The molecule has 5 aromatic carbocycles. The number of nitriles is 1. The lowest BCUT2D eigenvalue weighted by Gasteiger charge is -2.37. The number of benzene rings is 5. The van der Waals surface area contributed by atoms with Crippen molar-refractivity contribution in [2.24, 2.45) is 0 Å². The van der Waals surface area contributed by atoms with Crippen LogP contribution in [0.5, 0.6) is 5.75 Å². The molecule has 5 aromatic rings. The fourth-order valence-corrected chi connectivity index (χ4v) is 10.8. The zero-order chi connectivity index (χ0) is 39.2. The molecule has 4 amide bonds. The molecule has 57 heavy (non-hydrogen) atoms. The Morgan fingerprint density at radius 2 is 1.00 bits per heavy atom. The highest BCUT2D eigenvalue weighted by molar-refractivity contribution is 6.42. The second-order valence-corrected chi connectivity index (χ2v) is 17.2. The van der Waals surface area contributed by atoms with Gasteiger partial charge in [0.1, 0.15) is 5.75 Å². The fraction of sp³-hybridized carbons (Fsp3) is 0.490. The van der Waals surface area contributed by atoms with Gasteiger partial charge in [0.05, 0.1) is 29.4 Å². The Kier molecular flexibility index (Phi) is 10.4. The van der Waals surface area contributed by atoms with Crippen LogP contribution in [0.15, 0.2) is 36.4 Å². The first-order valence-electron chi connectivity index (χ1n) is 22.0. The first-order chi connectivity index (χ1) is 27.9. The molecule has 0 saturated heterocycles. The molecule has 4 aliphatic rings. The lowest BCUT2D eigenvalue weighted by molar-refractivity contribution is 0.0487. The van der Waals surface area contributed by atoms with Crippen molar-refractivity contribution in [2.75, 3.05) is 6.61 Å². The van der Waals surface area contributed by atoms with Crippen molar-refractivity contribution < 1.29 is 23.9 Å². The van der Waals surface area contributed by atoms with Crippen LogP contribution < -0.4 is 4.74 Å². The van der Waals surface area contributed by atoms with E-state index in [1.165, 1.54) is 54.7 Å². The Balaban J connectivity index is 1.18. The molecule has 2 fully saturated rings. The van der Waals surface area contributed by atoms with E-state index in [2.05, 4.69) is 13.0 Å². The van der Waals surface area contributed by atoms with Crippen molar-refractivity contribution in [3.8, 4) is 11.8 Å². The Hall–Kier alpha value is -5.03. The average molecular weight is 764 g/mol. The van der Waals surface area contributed by atoms with E-state index in [0.717, 1.165) is 99.6 Å². The normalized spacial score (nSPS) is 17.9. The molecule has 0 N–H and O–H groups in total. The van der Waals surface area contributed by atoms with Crippen LogP contribution in [0, 0.1) is 11.3 Å². The molecule has 294 valence electrons. The summed E-state index contributed by atoms with van der Waals surface area (Å²) in [6.07, 6.45) is 21.3. The van der Waals surface area contributed by atoms with Gasteiger partial charge in [-0.3, -0.25) is 29.0 Å². The Bertz CT molecular complexity index is 2470. The van der Waals surface area contributed by atoms with E-state index in [-0.39, 0.29) is 35.7 Å². The number of nitrogens with zero attached hydrogens (tertiary/aromatic N) is 3. The zero-order valence-corrected chi connectivity index (χ0v) is 33.4. The third-order valence-corrected chi connectivity index (χ3v) is 13.6. The van der Waals surface area contributed by atoms with Crippen LogP contribution in [0.1, 0.15) is 182 Å². The van der Waals surface area contributed by atoms with E-state index in [1.807, 2.05) is 30.3 Å². The first kappa shape index (κ1) is 37.5. The lowest BCUT2D eigenvalue weighted by atomic mass is 9.79. The molecular weight excluding hydrogens is 711 g/mol. The van der Waals surface area contributed by atoms with E-state index >= 15 is 0 Å². The molecule has 0 unspecified atom stereocenters. The van der Waals surface area contributed by atoms with Gasteiger partial charge in [-0.05, 0) is 67.1 Å². The highest BCUT2D eigenvalue weighted by Gasteiger charge is 2.42. The molecule has 0 radical (unpaired) electrons. The number of hydrogen-bond donors (Lipinski definition) is 0. The third-order valence-electron chi connectivity index (χ3n) is 13.6. The molecule has 8 nitrogen and oxygen atoms in total. The van der Waals surface area contributed by atoms with Crippen molar-refractivity contribution in [3.63, 3.8) is 0 Å².